The Balaban J connectivity index is 1.25. The van der Waals surface area contributed by atoms with E-state index in [1.807, 2.05) is 60.7 Å². The van der Waals surface area contributed by atoms with Crippen LogP contribution in [0, 0.1) is 6.92 Å². The highest BCUT2D eigenvalue weighted by atomic mass is 32.2. The van der Waals surface area contributed by atoms with Crippen LogP contribution in [0.15, 0.2) is 101 Å². The number of aliphatic hydroxyl groups excluding tert-OH is 1. The van der Waals surface area contributed by atoms with Crippen LogP contribution in [0.5, 0.6) is 5.75 Å². The highest BCUT2D eigenvalue weighted by Crippen LogP contribution is 2.45. The number of rotatable bonds is 11. The van der Waals surface area contributed by atoms with E-state index in [0.29, 0.717) is 45.0 Å². The van der Waals surface area contributed by atoms with Crippen LogP contribution in [0.1, 0.15) is 54.7 Å². The van der Waals surface area contributed by atoms with Crippen LogP contribution in [0.2, 0.25) is 0 Å². The molecule has 9 nitrogen and oxygen atoms in total. The Bertz CT molecular complexity index is 2170. The van der Waals surface area contributed by atoms with Crippen LogP contribution in [-0.2, 0) is 15.3 Å². The molecule has 0 spiro atoms. The van der Waals surface area contributed by atoms with Crippen molar-refractivity contribution in [3.05, 3.63) is 119 Å². The van der Waals surface area contributed by atoms with E-state index < -0.39 is 17.7 Å². The van der Waals surface area contributed by atoms with Crippen LogP contribution in [0.25, 0.3) is 22.2 Å². The molecule has 0 bridgehead atoms. The molecule has 1 atom stereocenters. The molecule has 1 fully saturated rings. The second kappa shape index (κ2) is 13.6. The summed E-state index contributed by atoms with van der Waals surface area (Å²) in [5, 5.41) is 23.2. The minimum Gasteiger partial charge on any atom is -0.505 e. The predicted molar refractivity (Wildman–Crippen MR) is 190 cm³/mol. The zero-order valence-electron chi connectivity index (χ0n) is 26.5. The fraction of sp³-hybridized carbons (Fsp3) is 0.216. The number of carbonyl (C=O) groups is 2. The monoisotopic (exact) mass is 675 g/mol. The lowest BCUT2D eigenvalue weighted by Crippen LogP contribution is -2.29. The number of aliphatic hydroxyl groups is 1. The lowest BCUT2D eigenvalue weighted by Gasteiger charge is -2.22. The Hall–Kier alpha value is -5.00. The van der Waals surface area contributed by atoms with Crippen LogP contribution >= 0.6 is 23.1 Å². The fourth-order valence-corrected chi connectivity index (χ4v) is 7.95. The number of ketones is 1. The molecule has 4 heterocycles. The van der Waals surface area contributed by atoms with Crippen LogP contribution in [0.4, 0.5) is 5.13 Å². The van der Waals surface area contributed by atoms with Gasteiger partial charge in [-0.25, -0.2) is 4.98 Å². The normalized spacial score (nSPS) is 16.0. The summed E-state index contributed by atoms with van der Waals surface area (Å²) in [6.45, 7) is 4.51. The predicted octanol–water partition coefficient (Wildman–Crippen LogP) is 8.14. The number of Topliss-reactive ketones (excluding diaryl/α,β-unsaturated/α-hetero) is 1. The first-order valence-electron chi connectivity index (χ1n) is 15.9. The molecule has 3 aromatic carbocycles. The summed E-state index contributed by atoms with van der Waals surface area (Å²) in [5.41, 5.74) is 3.25. The van der Waals surface area contributed by atoms with Gasteiger partial charge in [0.15, 0.2) is 10.1 Å². The molecule has 48 heavy (non-hydrogen) atoms. The van der Waals surface area contributed by atoms with Crippen molar-refractivity contribution in [1.29, 1.82) is 0 Å². The molecule has 1 saturated heterocycles. The van der Waals surface area contributed by atoms with Crippen molar-refractivity contribution in [3.8, 4) is 5.75 Å². The lowest BCUT2D eigenvalue weighted by atomic mass is 9.96. The van der Waals surface area contributed by atoms with E-state index >= 15 is 0 Å². The van der Waals surface area contributed by atoms with E-state index in [2.05, 4.69) is 46.4 Å². The molecule has 3 aromatic heterocycles. The SMILES string of the molecule is CCCCCOc1ccc(C2C(=C(O)c3c(C)nc4ccccn34)C(=O)C(=O)N2c2nnc(SCc3cccc4ccccc34)s2)cc1. The number of carbonyl (C=O) groups excluding carboxylic acids is 2. The average Bonchev–Trinajstić information content (AvgIpc) is 3.79. The van der Waals surface area contributed by atoms with Crippen LogP contribution in [0.3, 0.4) is 0 Å². The molecular weight excluding hydrogens is 643 g/mol. The number of amides is 1. The van der Waals surface area contributed by atoms with Gasteiger partial charge in [0, 0.05) is 11.9 Å². The molecule has 7 rings (SSSR count). The van der Waals surface area contributed by atoms with Crippen molar-refractivity contribution in [1.82, 2.24) is 19.6 Å². The molecule has 1 aliphatic rings. The molecule has 0 radical (unpaired) electrons. The molecule has 0 saturated carbocycles. The zero-order chi connectivity index (χ0) is 33.2. The number of aromatic nitrogens is 4. The standard InChI is InChI=1S/C37H33N5O4S2/c1-3-4-9-21-46-27-18-16-25(17-19-27)32-30(33(43)31-23(2)38-29-15-7-8-20-41(29)31)34(44)35(45)42(32)36-39-40-37(48-36)47-22-26-13-10-12-24-11-5-6-14-28(24)26/h5-8,10-20,32,43H,3-4,9,21-22H2,1-2H3. The van der Waals surface area contributed by atoms with E-state index in [4.69, 9.17) is 4.74 Å². The number of anilines is 1. The largest absolute Gasteiger partial charge is 0.505 e. The van der Waals surface area contributed by atoms with Gasteiger partial charge in [-0.3, -0.25) is 18.9 Å². The van der Waals surface area contributed by atoms with Crippen molar-refractivity contribution in [3.63, 3.8) is 0 Å². The van der Waals surface area contributed by atoms with Crippen molar-refractivity contribution < 1.29 is 19.4 Å². The van der Waals surface area contributed by atoms with Crippen molar-refractivity contribution in [2.24, 2.45) is 0 Å². The van der Waals surface area contributed by atoms with Gasteiger partial charge in [-0.15, -0.1) is 10.2 Å². The van der Waals surface area contributed by atoms with E-state index in [1.54, 1.807) is 17.5 Å². The first kappa shape index (κ1) is 31.6. The Kier molecular flexibility index (Phi) is 8.96. The zero-order valence-corrected chi connectivity index (χ0v) is 28.1. The molecule has 1 amide bonds. The second-order valence-corrected chi connectivity index (χ2v) is 13.7. The van der Waals surface area contributed by atoms with Gasteiger partial charge in [-0.1, -0.05) is 104 Å². The number of ether oxygens (including phenoxy) is 1. The summed E-state index contributed by atoms with van der Waals surface area (Å²) in [6.07, 6.45) is 4.90. The quantitative estimate of drug-likeness (QED) is 0.0366. The summed E-state index contributed by atoms with van der Waals surface area (Å²) in [7, 11) is 0. The van der Waals surface area contributed by atoms with Gasteiger partial charge in [-0.05, 0) is 59.5 Å². The van der Waals surface area contributed by atoms with Gasteiger partial charge >= 0.3 is 5.91 Å². The summed E-state index contributed by atoms with van der Waals surface area (Å²) in [5.74, 6) is -0.539. The van der Waals surface area contributed by atoms with E-state index in [0.717, 1.165) is 30.2 Å². The molecule has 6 aromatic rings. The molecular formula is C37H33N5O4S2. The lowest BCUT2D eigenvalue weighted by molar-refractivity contribution is -0.132. The maximum Gasteiger partial charge on any atom is 0.301 e. The van der Waals surface area contributed by atoms with Crippen molar-refractivity contribution in [2.45, 2.75) is 49.2 Å². The first-order chi connectivity index (χ1) is 23.4. The number of fused-ring (bicyclic) bond motifs is 2. The van der Waals surface area contributed by atoms with Crippen molar-refractivity contribution >= 4 is 62.1 Å². The van der Waals surface area contributed by atoms with Gasteiger partial charge in [-0.2, -0.15) is 0 Å². The van der Waals surface area contributed by atoms with Gasteiger partial charge in [0.05, 0.1) is 23.9 Å². The number of unbranched alkanes of at least 4 members (excludes halogenated alkanes) is 2. The number of hydrogen-bond donors (Lipinski definition) is 1. The fourth-order valence-electron chi connectivity index (χ4n) is 6.08. The molecule has 1 unspecified atom stereocenters. The minimum atomic E-state index is -0.948. The first-order valence-corrected chi connectivity index (χ1v) is 17.7. The van der Waals surface area contributed by atoms with E-state index in [-0.39, 0.29) is 16.5 Å². The van der Waals surface area contributed by atoms with Crippen LogP contribution < -0.4 is 9.64 Å². The Morgan fingerprint density at radius 3 is 2.58 bits per heavy atom. The third-order valence-corrected chi connectivity index (χ3v) is 10.5. The van der Waals surface area contributed by atoms with Crippen LogP contribution in [-0.4, -0.2) is 43.0 Å². The number of aryl methyl sites for hydroxylation is 1. The highest BCUT2D eigenvalue weighted by molar-refractivity contribution is 8.00. The molecule has 242 valence electrons. The van der Waals surface area contributed by atoms with Gasteiger partial charge in [0.25, 0.3) is 5.78 Å². The Morgan fingerprint density at radius 2 is 1.75 bits per heavy atom. The number of imidazole rings is 1. The topological polar surface area (TPSA) is 110 Å². The highest BCUT2D eigenvalue weighted by Gasteiger charge is 2.49. The number of thioether (sulfide) groups is 1. The summed E-state index contributed by atoms with van der Waals surface area (Å²) < 4.78 is 8.30. The van der Waals surface area contributed by atoms with E-state index in [1.165, 1.54) is 33.4 Å². The smallest absolute Gasteiger partial charge is 0.301 e. The molecule has 11 heteroatoms. The summed E-state index contributed by atoms with van der Waals surface area (Å²) in [4.78, 5) is 33.6. The number of nitrogens with zero attached hydrogens (tertiary/aromatic N) is 5. The van der Waals surface area contributed by atoms with Gasteiger partial charge in [0.1, 0.15) is 17.1 Å². The van der Waals surface area contributed by atoms with Crippen molar-refractivity contribution in [2.75, 3.05) is 11.5 Å². The number of hydrogen-bond acceptors (Lipinski definition) is 9. The van der Waals surface area contributed by atoms with Gasteiger partial charge < -0.3 is 9.84 Å². The number of pyridine rings is 1. The second-order valence-electron chi connectivity index (χ2n) is 11.5. The number of benzene rings is 3. The average molecular weight is 676 g/mol. The molecule has 0 aliphatic carbocycles. The van der Waals surface area contributed by atoms with Gasteiger partial charge in [0.2, 0.25) is 5.13 Å². The minimum absolute atomic E-state index is 0.0366. The molecule has 1 N–H and O–H groups in total. The molecule has 1 aliphatic heterocycles. The summed E-state index contributed by atoms with van der Waals surface area (Å²) >= 11 is 2.76. The third kappa shape index (κ3) is 5.95. The third-order valence-electron chi connectivity index (χ3n) is 8.42. The van der Waals surface area contributed by atoms with E-state index in [9.17, 15) is 14.7 Å². The Labute approximate surface area is 285 Å². The maximum absolute atomic E-state index is 13.9. The Morgan fingerprint density at radius 1 is 0.958 bits per heavy atom. The summed E-state index contributed by atoms with van der Waals surface area (Å²) in [6, 6.07) is 26.3. The maximum atomic E-state index is 13.9.